The Morgan fingerprint density at radius 1 is 0.188 bits per heavy atom. The molecule has 69 heavy (non-hydrogen) atoms. The van der Waals surface area contributed by atoms with Gasteiger partial charge in [0.2, 0.25) is 0 Å². The van der Waals surface area contributed by atoms with Gasteiger partial charge < -0.3 is 13.7 Å². The van der Waals surface area contributed by atoms with Crippen molar-refractivity contribution >= 4 is 65.4 Å². The highest BCUT2D eigenvalue weighted by molar-refractivity contribution is 6.15. The van der Waals surface area contributed by atoms with Crippen LogP contribution in [0, 0.1) is 0 Å². The molecule has 0 fully saturated rings. The fourth-order valence-corrected chi connectivity index (χ4v) is 11.0. The molecule has 0 saturated heterocycles. The van der Waals surface area contributed by atoms with Gasteiger partial charge in [-0.3, -0.25) is 0 Å². The summed E-state index contributed by atoms with van der Waals surface area (Å²) in [5.74, 6) is 0. The summed E-state index contributed by atoms with van der Waals surface area (Å²) in [4.78, 5) is 0. The fourth-order valence-electron chi connectivity index (χ4n) is 11.0. The molecule has 0 amide bonds. The van der Waals surface area contributed by atoms with Crippen molar-refractivity contribution in [2.45, 2.75) is 0 Å². The molecule has 0 aliphatic carbocycles. The molecule has 0 spiro atoms. The van der Waals surface area contributed by atoms with E-state index >= 15 is 0 Å². The van der Waals surface area contributed by atoms with Gasteiger partial charge >= 0.3 is 0 Å². The van der Waals surface area contributed by atoms with Crippen LogP contribution in [0.25, 0.3) is 127 Å². The minimum absolute atomic E-state index is 1.15. The lowest BCUT2D eigenvalue weighted by molar-refractivity contribution is 1.18. The first-order valence-corrected chi connectivity index (χ1v) is 23.8. The number of benzene rings is 11. The van der Waals surface area contributed by atoms with Gasteiger partial charge in [0.05, 0.1) is 38.8 Å². The third kappa shape index (κ3) is 6.29. The average Bonchev–Trinajstić information content (AvgIpc) is 4.06. The first-order chi connectivity index (χ1) is 34.2. The van der Waals surface area contributed by atoms with E-state index in [1.165, 1.54) is 110 Å². The van der Waals surface area contributed by atoms with E-state index in [9.17, 15) is 0 Å². The standard InChI is InChI=1S/C66H43N3/c1-5-17-44(18-6-1)46-29-34-62(55(39-46)45-19-7-2-8-20-45)69-65-37-32-49(47-30-35-63-56(40-47)53-25-13-15-27-60(53)67(63)51-21-9-3-10-22-51)42-58(65)59-43-50(33-38-66(59)69)48-31-36-64-57(41-48)54-26-14-16-28-61(54)68(64)52-23-11-4-12-24-52/h1-43H. The van der Waals surface area contributed by atoms with Crippen molar-refractivity contribution < 1.29 is 0 Å². The van der Waals surface area contributed by atoms with Crippen LogP contribution in [0.3, 0.4) is 0 Å². The molecular formula is C66H43N3. The predicted molar refractivity (Wildman–Crippen MR) is 291 cm³/mol. The summed E-state index contributed by atoms with van der Waals surface area (Å²) in [6, 6.07) is 95.6. The largest absolute Gasteiger partial charge is 0.309 e. The number of aromatic nitrogens is 3. The number of rotatable bonds is 7. The molecule has 0 aliphatic rings. The second-order valence-electron chi connectivity index (χ2n) is 18.1. The van der Waals surface area contributed by atoms with Gasteiger partial charge in [-0.1, -0.05) is 164 Å². The molecule has 3 nitrogen and oxygen atoms in total. The molecule has 0 radical (unpaired) electrons. The monoisotopic (exact) mass is 877 g/mol. The Labute approximate surface area is 399 Å². The molecule has 0 atom stereocenters. The third-order valence-corrected chi connectivity index (χ3v) is 14.2. The molecule has 14 rings (SSSR count). The van der Waals surface area contributed by atoms with Crippen molar-refractivity contribution in [2.75, 3.05) is 0 Å². The van der Waals surface area contributed by atoms with E-state index in [2.05, 4.69) is 275 Å². The van der Waals surface area contributed by atoms with Gasteiger partial charge in [-0.25, -0.2) is 0 Å². The Kier molecular flexibility index (Phi) is 8.90. The van der Waals surface area contributed by atoms with E-state index in [-0.39, 0.29) is 0 Å². The molecule has 0 aliphatic heterocycles. The van der Waals surface area contributed by atoms with E-state index in [0.29, 0.717) is 0 Å². The summed E-state index contributed by atoms with van der Waals surface area (Å²) in [7, 11) is 0. The molecule has 14 aromatic rings. The minimum Gasteiger partial charge on any atom is -0.309 e. The summed E-state index contributed by atoms with van der Waals surface area (Å²) < 4.78 is 7.26. The normalized spacial score (nSPS) is 11.8. The van der Waals surface area contributed by atoms with E-state index < -0.39 is 0 Å². The summed E-state index contributed by atoms with van der Waals surface area (Å²) >= 11 is 0. The van der Waals surface area contributed by atoms with Gasteiger partial charge in [-0.15, -0.1) is 0 Å². The zero-order valence-corrected chi connectivity index (χ0v) is 37.7. The molecule has 0 bridgehead atoms. The van der Waals surface area contributed by atoms with Crippen molar-refractivity contribution in [2.24, 2.45) is 0 Å². The molecule has 3 aromatic heterocycles. The lowest BCUT2D eigenvalue weighted by Gasteiger charge is -2.16. The van der Waals surface area contributed by atoms with Gasteiger partial charge in [0.25, 0.3) is 0 Å². The molecule has 11 aromatic carbocycles. The van der Waals surface area contributed by atoms with Crippen LogP contribution in [0.15, 0.2) is 261 Å². The first-order valence-electron chi connectivity index (χ1n) is 23.8. The summed E-state index contributed by atoms with van der Waals surface area (Å²) in [5.41, 5.74) is 20.1. The zero-order chi connectivity index (χ0) is 45.4. The smallest absolute Gasteiger partial charge is 0.0541 e. The Morgan fingerprint density at radius 3 is 0.957 bits per heavy atom. The maximum atomic E-state index is 2.49. The Morgan fingerprint density at radius 2 is 0.507 bits per heavy atom. The van der Waals surface area contributed by atoms with Gasteiger partial charge in [0.15, 0.2) is 0 Å². The van der Waals surface area contributed by atoms with Crippen LogP contribution in [-0.2, 0) is 0 Å². The van der Waals surface area contributed by atoms with Crippen LogP contribution in [0.2, 0.25) is 0 Å². The molecule has 322 valence electrons. The van der Waals surface area contributed by atoms with Gasteiger partial charge in [0.1, 0.15) is 0 Å². The van der Waals surface area contributed by atoms with Crippen molar-refractivity contribution in [3.05, 3.63) is 261 Å². The Hall–Kier alpha value is -9.18. The van der Waals surface area contributed by atoms with Crippen LogP contribution in [0.4, 0.5) is 0 Å². The van der Waals surface area contributed by atoms with E-state index in [1.54, 1.807) is 0 Å². The summed E-state index contributed by atoms with van der Waals surface area (Å²) in [6.45, 7) is 0. The van der Waals surface area contributed by atoms with Gasteiger partial charge in [0, 0.05) is 49.3 Å². The van der Waals surface area contributed by atoms with Crippen LogP contribution < -0.4 is 0 Å². The highest BCUT2D eigenvalue weighted by Crippen LogP contribution is 2.43. The van der Waals surface area contributed by atoms with E-state index in [4.69, 9.17) is 0 Å². The SMILES string of the molecule is c1ccc(-c2ccc(-n3c4ccc(-c5ccc6c(c5)c5ccccc5n6-c5ccccc5)cc4c4cc(-c5ccc6c(c5)c5ccccc5n6-c5ccccc5)ccc43)c(-c3ccccc3)c2)cc1. The second kappa shape index (κ2) is 15.7. The zero-order valence-electron chi connectivity index (χ0n) is 37.7. The van der Waals surface area contributed by atoms with Crippen molar-refractivity contribution in [1.82, 2.24) is 13.7 Å². The van der Waals surface area contributed by atoms with Gasteiger partial charge in [-0.05, 0) is 136 Å². The molecule has 0 N–H and O–H groups in total. The summed E-state index contributed by atoms with van der Waals surface area (Å²) in [6.07, 6.45) is 0. The maximum Gasteiger partial charge on any atom is 0.0541 e. The Balaban J connectivity index is 0.996. The number of hydrogen-bond donors (Lipinski definition) is 0. The molecule has 0 unspecified atom stereocenters. The quantitative estimate of drug-likeness (QED) is 0.152. The molecule has 0 saturated carbocycles. The van der Waals surface area contributed by atoms with Crippen LogP contribution in [0.5, 0.6) is 0 Å². The van der Waals surface area contributed by atoms with Crippen LogP contribution in [0.1, 0.15) is 0 Å². The van der Waals surface area contributed by atoms with E-state index in [0.717, 1.165) is 17.1 Å². The lowest BCUT2D eigenvalue weighted by Crippen LogP contribution is -1.98. The maximum absolute atomic E-state index is 2.49. The third-order valence-electron chi connectivity index (χ3n) is 14.2. The van der Waals surface area contributed by atoms with E-state index in [1.807, 2.05) is 0 Å². The van der Waals surface area contributed by atoms with Crippen LogP contribution >= 0.6 is 0 Å². The Bertz CT molecular complexity index is 4060. The van der Waals surface area contributed by atoms with Crippen molar-refractivity contribution in [3.63, 3.8) is 0 Å². The van der Waals surface area contributed by atoms with Gasteiger partial charge in [-0.2, -0.15) is 0 Å². The predicted octanol–water partition coefficient (Wildman–Crippen LogP) is 17.6. The number of para-hydroxylation sites is 4. The second-order valence-corrected chi connectivity index (χ2v) is 18.1. The van der Waals surface area contributed by atoms with Crippen molar-refractivity contribution in [1.29, 1.82) is 0 Å². The first kappa shape index (κ1) is 39.0. The average molecular weight is 878 g/mol. The van der Waals surface area contributed by atoms with Crippen molar-refractivity contribution in [3.8, 4) is 61.6 Å². The number of fused-ring (bicyclic) bond motifs is 9. The molecular weight excluding hydrogens is 835 g/mol. The number of nitrogens with zero attached hydrogens (tertiary/aromatic N) is 3. The molecule has 3 heteroatoms. The number of hydrogen-bond acceptors (Lipinski definition) is 0. The topological polar surface area (TPSA) is 14.8 Å². The highest BCUT2D eigenvalue weighted by Gasteiger charge is 2.20. The summed E-state index contributed by atoms with van der Waals surface area (Å²) in [5, 5.41) is 7.40. The lowest BCUT2D eigenvalue weighted by atomic mass is 9.97. The molecule has 3 heterocycles. The minimum atomic E-state index is 1.15. The fraction of sp³-hybridized carbons (Fsp3) is 0. The van der Waals surface area contributed by atoms with Crippen LogP contribution in [-0.4, -0.2) is 13.7 Å². The highest BCUT2D eigenvalue weighted by atomic mass is 15.0.